The highest BCUT2D eigenvalue weighted by Gasteiger charge is 2.49. The molecule has 1 aliphatic carbocycles. The first kappa shape index (κ1) is 22.3. The normalized spacial score (nSPS) is 23.1. The summed E-state index contributed by atoms with van der Waals surface area (Å²) >= 11 is 6.24. The topological polar surface area (TPSA) is 112 Å². The summed E-state index contributed by atoms with van der Waals surface area (Å²) in [6, 6.07) is 2.79. The molecule has 0 atom stereocenters. The maximum atomic E-state index is 13.8. The van der Waals surface area contributed by atoms with E-state index in [1.165, 1.54) is 12.4 Å². The van der Waals surface area contributed by atoms with E-state index in [1.807, 2.05) is 0 Å². The summed E-state index contributed by atoms with van der Waals surface area (Å²) in [6.45, 7) is 2.17. The molecule has 0 bridgehead atoms. The first-order chi connectivity index (χ1) is 15.1. The minimum atomic E-state index is -0.767. The number of carbonyl (C=O) groups is 3. The van der Waals surface area contributed by atoms with Gasteiger partial charge in [0.1, 0.15) is 11.5 Å². The van der Waals surface area contributed by atoms with E-state index in [4.69, 9.17) is 17.3 Å². The number of halogens is 2. The number of benzene rings is 1. The molecule has 1 saturated heterocycles. The number of hydrogen-bond donors (Lipinski definition) is 2. The Hall–Kier alpha value is -2.94. The molecule has 1 aliphatic heterocycles. The van der Waals surface area contributed by atoms with Crippen LogP contribution in [0.1, 0.15) is 58.6 Å². The number of primary amides is 1. The first-order valence-corrected chi connectivity index (χ1v) is 10.9. The van der Waals surface area contributed by atoms with Crippen molar-refractivity contribution in [2.45, 2.75) is 45.1 Å². The van der Waals surface area contributed by atoms with Gasteiger partial charge in [-0.2, -0.15) is 0 Å². The predicted octanol–water partition coefficient (Wildman–Crippen LogP) is 3.05. The lowest BCUT2D eigenvalue weighted by atomic mass is 9.71. The third-order valence-corrected chi connectivity index (χ3v) is 7.20. The molecule has 2 fully saturated rings. The molecule has 0 unspecified atom stereocenters. The quantitative estimate of drug-likeness (QED) is 0.728. The van der Waals surface area contributed by atoms with Crippen molar-refractivity contribution in [2.24, 2.45) is 11.1 Å². The second-order valence-corrected chi connectivity index (χ2v) is 9.08. The van der Waals surface area contributed by atoms with Crippen LogP contribution in [0, 0.1) is 18.2 Å². The maximum Gasteiger partial charge on any atom is 0.272 e. The van der Waals surface area contributed by atoms with Crippen molar-refractivity contribution in [3.63, 3.8) is 0 Å². The number of anilines is 1. The highest BCUT2D eigenvalue weighted by atomic mass is 35.5. The van der Waals surface area contributed by atoms with Crippen LogP contribution in [0.2, 0.25) is 5.02 Å². The zero-order valence-corrected chi connectivity index (χ0v) is 18.7. The molecule has 10 heteroatoms. The van der Waals surface area contributed by atoms with Gasteiger partial charge in [0.2, 0.25) is 5.91 Å². The van der Waals surface area contributed by atoms with Crippen LogP contribution >= 0.6 is 11.6 Å². The van der Waals surface area contributed by atoms with Crippen molar-refractivity contribution in [3.8, 4) is 0 Å². The summed E-state index contributed by atoms with van der Waals surface area (Å²) in [5, 5.41) is 0.224. The van der Waals surface area contributed by atoms with E-state index in [-0.39, 0.29) is 34.3 Å². The van der Waals surface area contributed by atoms with Crippen molar-refractivity contribution in [3.05, 3.63) is 46.3 Å². The molecule has 170 valence electrons. The largest absolute Gasteiger partial charge is 0.364 e. The molecule has 1 spiro atoms. The molecule has 2 aromatic rings. The number of aryl methyl sites for hydroxylation is 1. The van der Waals surface area contributed by atoms with Gasteiger partial charge in [-0.3, -0.25) is 14.4 Å². The van der Waals surface area contributed by atoms with E-state index in [0.717, 1.165) is 0 Å². The highest BCUT2D eigenvalue weighted by Crippen LogP contribution is 2.48. The Morgan fingerprint density at radius 1 is 1.31 bits per heavy atom. The van der Waals surface area contributed by atoms with Gasteiger partial charge in [0.05, 0.1) is 22.5 Å². The summed E-state index contributed by atoms with van der Waals surface area (Å²) in [4.78, 5) is 47.5. The Bertz CT molecular complexity index is 1090. The van der Waals surface area contributed by atoms with Gasteiger partial charge in [-0.15, -0.1) is 0 Å². The fraction of sp³-hybridized carbons (Fsp3) is 0.455. The van der Waals surface area contributed by atoms with Crippen LogP contribution in [-0.4, -0.2) is 52.2 Å². The van der Waals surface area contributed by atoms with Crippen LogP contribution in [-0.2, 0) is 4.79 Å². The standard InChI is InChI=1S/C22H25ClFN5O3/c1-12-9-16(14(23)10-15(12)24)29-8-7-22(21(29)32)5-3-13(4-6-22)28(2)20(31)18-17(19(25)30)26-11-27-18/h9-11,13H,3-8H2,1-2H3,(H2,25,30)(H,26,27). The number of H-pyrrole nitrogens is 1. The van der Waals surface area contributed by atoms with E-state index >= 15 is 0 Å². The van der Waals surface area contributed by atoms with Gasteiger partial charge in [-0.25, -0.2) is 9.37 Å². The molecule has 1 saturated carbocycles. The Morgan fingerprint density at radius 3 is 2.66 bits per heavy atom. The van der Waals surface area contributed by atoms with Crippen LogP contribution in [0.4, 0.5) is 10.1 Å². The minimum Gasteiger partial charge on any atom is -0.364 e. The van der Waals surface area contributed by atoms with Crippen LogP contribution in [0.3, 0.4) is 0 Å². The summed E-state index contributed by atoms with van der Waals surface area (Å²) in [7, 11) is 1.68. The van der Waals surface area contributed by atoms with E-state index in [1.54, 1.807) is 29.8 Å². The van der Waals surface area contributed by atoms with E-state index in [0.29, 0.717) is 49.9 Å². The van der Waals surface area contributed by atoms with Gasteiger partial charge in [0.15, 0.2) is 5.69 Å². The van der Waals surface area contributed by atoms with Crippen LogP contribution in [0.15, 0.2) is 18.5 Å². The molecule has 4 rings (SSSR count). The predicted molar refractivity (Wildman–Crippen MR) is 117 cm³/mol. The van der Waals surface area contributed by atoms with Crippen molar-refractivity contribution >= 4 is 35.0 Å². The number of hydrogen-bond acceptors (Lipinski definition) is 4. The molecule has 3 N–H and O–H groups in total. The van der Waals surface area contributed by atoms with Crippen molar-refractivity contribution in [1.82, 2.24) is 14.9 Å². The number of aromatic nitrogens is 2. The number of nitrogens with two attached hydrogens (primary N) is 1. The van der Waals surface area contributed by atoms with Gasteiger partial charge in [0, 0.05) is 19.6 Å². The molecule has 2 aliphatic rings. The summed E-state index contributed by atoms with van der Waals surface area (Å²) in [6.07, 6.45) is 4.53. The molecule has 0 radical (unpaired) electrons. The summed E-state index contributed by atoms with van der Waals surface area (Å²) in [5.74, 6) is -1.52. The number of rotatable bonds is 4. The maximum absolute atomic E-state index is 13.8. The lowest BCUT2D eigenvalue weighted by Gasteiger charge is -2.39. The molecule has 1 aromatic carbocycles. The van der Waals surface area contributed by atoms with Gasteiger partial charge in [-0.1, -0.05) is 11.6 Å². The van der Waals surface area contributed by atoms with Gasteiger partial charge < -0.3 is 20.5 Å². The Balaban J connectivity index is 1.46. The number of amides is 3. The Labute approximate surface area is 189 Å². The molecule has 32 heavy (non-hydrogen) atoms. The van der Waals surface area contributed by atoms with Crippen LogP contribution in [0.25, 0.3) is 0 Å². The lowest BCUT2D eigenvalue weighted by molar-refractivity contribution is -0.127. The number of imidazole rings is 1. The van der Waals surface area contributed by atoms with E-state index in [9.17, 15) is 18.8 Å². The fourth-order valence-electron chi connectivity index (χ4n) is 4.89. The second-order valence-electron chi connectivity index (χ2n) is 8.68. The summed E-state index contributed by atoms with van der Waals surface area (Å²) in [5.41, 5.74) is 5.77. The van der Waals surface area contributed by atoms with Crippen molar-refractivity contribution in [2.75, 3.05) is 18.5 Å². The molecule has 2 heterocycles. The van der Waals surface area contributed by atoms with Crippen LogP contribution < -0.4 is 10.6 Å². The smallest absolute Gasteiger partial charge is 0.272 e. The number of nitrogens with zero attached hydrogens (tertiary/aromatic N) is 3. The average Bonchev–Trinajstić information content (AvgIpc) is 3.37. The number of aromatic amines is 1. The number of carbonyl (C=O) groups excluding carboxylic acids is 3. The lowest BCUT2D eigenvalue weighted by Crippen LogP contribution is -2.45. The number of nitrogens with one attached hydrogen (secondary N) is 1. The average molecular weight is 462 g/mol. The first-order valence-electron chi connectivity index (χ1n) is 10.5. The summed E-state index contributed by atoms with van der Waals surface area (Å²) < 4.78 is 13.8. The fourth-order valence-corrected chi connectivity index (χ4v) is 5.14. The second kappa shape index (κ2) is 8.20. The third-order valence-electron chi connectivity index (χ3n) is 6.90. The molecular formula is C22H25ClFN5O3. The molecule has 1 aromatic heterocycles. The molecular weight excluding hydrogens is 437 g/mol. The molecule has 3 amide bonds. The molecule has 8 nitrogen and oxygen atoms in total. The SMILES string of the molecule is Cc1cc(N2CCC3(CCC(N(C)C(=O)c4[nH]cnc4C(N)=O)CC3)C2=O)c(Cl)cc1F. The van der Waals surface area contributed by atoms with Gasteiger partial charge in [0.25, 0.3) is 11.8 Å². The monoisotopic (exact) mass is 461 g/mol. The van der Waals surface area contributed by atoms with E-state index in [2.05, 4.69) is 9.97 Å². The van der Waals surface area contributed by atoms with Crippen LogP contribution in [0.5, 0.6) is 0 Å². The van der Waals surface area contributed by atoms with Crippen molar-refractivity contribution < 1.29 is 18.8 Å². The van der Waals surface area contributed by atoms with Crippen molar-refractivity contribution in [1.29, 1.82) is 0 Å². The highest BCUT2D eigenvalue weighted by molar-refractivity contribution is 6.34. The Morgan fingerprint density at radius 2 is 2.00 bits per heavy atom. The third kappa shape index (κ3) is 3.64. The zero-order valence-electron chi connectivity index (χ0n) is 18.0. The minimum absolute atomic E-state index is 0.00224. The Kier molecular flexibility index (Phi) is 5.70. The van der Waals surface area contributed by atoms with Gasteiger partial charge >= 0.3 is 0 Å². The van der Waals surface area contributed by atoms with E-state index < -0.39 is 17.1 Å². The van der Waals surface area contributed by atoms with Gasteiger partial charge in [-0.05, 0) is 56.7 Å². The zero-order chi connectivity index (χ0) is 23.2.